The van der Waals surface area contributed by atoms with Gasteiger partial charge < -0.3 is 4.90 Å². The first-order valence-corrected chi connectivity index (χ1v) is 8.48. The first-order chi connectivity index (χ1) is 10.9. The fourth-order valence-electron chi connectivity index (χ4n) is 3.19. The molecule has 2 fully saturated rings. The Kier molecular flexibility index (Phi) is 3.26. The van der Waals surface area contributed by atoms with Crippen LogP contribution in [-0.2, 0) is 0 Å². The number of rotatable bonds is 3. The van der Waals surface area contributed by atoms with E-state index in [9.17, 15) is 18.0 Å². The van der Waals surface area contributed by atoms with Crippen LogP contribution in [0.1, 0.15) is 53.4 Å². The van der Waals surface area contributed by atoms with E-state index in [1.165, 1.54) is 4.90 Å². The van der Waals surface area contributed by atoms with Crippen LogP contribution >= 0.6 is 11.5 Å². The van der Waals surface area contributed by atoms with Crippen LogP contribution in [0.5, 0.6) is 0 Å². The van der Waals surface area contributed by atoms with Crippen molar-refractivity contribution in [2.24, 2.45) is 10.2 Å². The highest BCUT2D eigenvalue weighted by atomic mass is 32.1. The topological polar surface area (TPSA) is 57.9 Å². The van der Waals surface area contributed by atoms with E-state index in [1.54, 1.807) is 6.07 Å². The van der Waals surface area contributed by atoms with Gasteiger partial charge in [0.2, 0.25) is 0 Å². The summed E-state index contributed by atoms with van der Waals surface area (Å²) in [5, 5.41) is 6.58. The number of piperidine rings is 1. The Morgan fingerprint density at radius 3 is 2.61 bits per heavy atom. The van der Waals surface area contributed by atoms with Crippen molar-refractivity contribution in [1.82, 2.24) is 9.27 Å². The lowest BCUT2D eigenvalue weighted by atomic mass is 9.92. The van der Waals surface area contributed by atoms with Crippen LogP contribution < -0.4 is 0 Å². The average Bonchev–Trinajstić information content (AvgIpc) is 3.44. The Bertz CT molecular complexity index is 661. The summed E-state index contributed by atoms with van der Waals surface area (Å²) in [6.07, 6.45) is -0.804. The molecule has 3 aliphatic rings. The molecule has 23 heavy (non-hydrogen) atoms. The van der Waals surface area contributed by atoms with Gasteiger partial charge in [-0.15, -0.1) is 10.2 Å². The van der Waals surface area contributed by atoms with Crippen molar-refractivity contribution in [1.29, 1.82) is 0 Å². The quantitative estimate of drug-likeness (QED) is 0.839. The van der Waals surface area contributed by atoms with Crippen LogP contribution in [0.15, 0.2) is 16.3 Å². The van der Waals surface area contributed by atoms with E-state index in [-0.39, 0.29) is 12.3 Å². The van der Waals surface area contributed by atoms with Gasteiger partial charge in [0.15, 0.2) is 0 Å². The largest absolute Gasteiger partial charge is 0.439 e. The zero-order chi connectivity index (χ0) is 16.2. The summed E-state index contributed by atoms with van der Waals surface area (Å²) in [6.45, 7) is 0.309. The number of halogens is 3. The number of hydrogen-bond donors (Lipinski definition) is 0. The van der Waals surface area contributed by atoms with Gasteiger partial charge in [0.1, 0.15) is 4.88 Å². The zero-order valence-electron chi connectivity index (χ0n) is 12.2. The van der Waals surface area contributed by atoms with Crippen LogP contribution in [-0.4, -0.2) is 39.6 Å². The lowest BCUT2D eigenvalue weighted by molar-refractivity contribution is -0.179. The van der Waals surface area contributed by atoms with Gasteiger partial charge in [-0.1, -0.05) is 0 Å². The van der Waals surface area contributed by atoms with Crippen molar-refractivity contribution in [2.75, 3.05) is 6.54 Å². The first kappa shape index (κ1) is 15.0. The first-order valence-electron chi connectivity index (χ1n) is 7.71. The normalized spacial score (nSPS) is 26.4. The Hall–Kier alpha value is -1.51. The summed E-state index contributed by atoms with van der Waals surface area (Å²) in [7, 11) is 0. The molecule has 1 aliphatic carbocycles. The van der Waals surface area contributed by atoms with Gasteiger partial charge in [0, 0.05) is 12.5 Å². The highest BCUT2D eigenvalue weighted by molar-refractivity contribution is 7.08. The van der Waals surface area contributed by atoms with E-state index >= 15 is 0 Å². The van der Waals surface area contributed by atoms with Gasteiger partial charge in [-0.05, 0) is 49.7 Å². The fourth-order valence-corrected chi connectivity index (χ4v) is 3.96. The molecule has 0 N–H and O–H groups in total. The number of carbonyl (C=O) groups excluding carboxylic acids is 1. The maximum absolute atomic E-state index is 13.3. The Balaban J connectivity index is 1.58. The second kappa shape index (κ2) is 4.99. The molecule has 124 valence electrons. The van der Waals surface area contributed by atoms with Gasteiger partial charge in [-0.25, -0.2) is 0 Å². The number of hydrogen-bond acceptors (Lipinski definition) is 5. The van der Waals surface area contributed by atoms with E-state index in [2.05, 4.69) is 14.6 Å². The molecule has 4 rings (SSSR count). The van der Waals surface area contributed by atoms with Crippen LogP contribution in [0.4, 0.5) is 13.2 Å². The van der Waals surface area contributed by atoms with E-state index in [0.29, 0.717) is 30.2 Å². The molecule has 0 radical (unpaired) electrons. The smallest absolute Gasteiger partial charge is 0.330 e. The van der Waals surface area contributed by atoms with Gasteiger partial charge in [0.05, 0.1) is 11.7 Å². The Morgan fingerprint density at radius 1 is 1.26 bits per heavy atom. The molecule has 1 unspecified atom stereocenters. The molecule has 1 amide bonds. The third-order valence-corrected chi connectivity index (χ3v) is 5.49. The van der Waals surface area contributed by atoms with Gasteiger partial charge in [-0.3, -0.25) is 4.79 Å². The molecule has 1 aromatic rings. The summed E-state index contributed by atoms with van der Waals surface area (Å²) in [5.41, 5.74) is -1.52. The maximum Gasteiger partial charge on any atom is 0.439 e. The van der Waals surface area contributed by atoms with E-state index < -0.39 is 17.9 Å². The molecule has 1 aromatic heterocycles. The number of amides is 1. The summed E-state index contributed by atoms with van der Waals surface area (Å²) < 4.78 is 44.2. The zero-order valence-corrected chi connectivity index (χ0v) is 13.0. The summed E-state index contributed by atoms with van der Waals surface area (Å²) in [5.74, 6) is 0.0416. The van der Waals surface area contributed by atoms with Crippen molar-refractivity contribution in [3.8, 4) is 0 Å². The predicted molar refractivity (Wildman–Crippen MR) is 76.4 cm³/mol. The van der Waals surface area contributed by atoms with Crippen molar-refractivity contribution < 1.29 is 18.0 Å². The van der Waals surface area contributed by atoms with Crippen molar-refractivity contribution in [2.45, 2.75) is 55.9 Å². The minimum atomic E-state index is -4.56. The summed E-state index contributed by atoms with van der Waals surface area (Å²) >= 11 is 1.08. The molecule has 1 atom stereocenters. The number of likely N-dealkylation sites (tertiary alicyclic amines) is 1. The summed E-state index contributed by atoms with van der Waals surface area (Å²) in [4.78, 5) is 14.4. The maximum atomic E-state index is 13.3. The molecule has 9 heteroatoms. The van der Waals surface area contributed by atoms with Gasteiger partial charge >= 0.3 is 11.8 Å². The molecule has 0 spiro atoms. The second-order valence-corrected chi connectivity index (χ2v) is 7.13. The molecule has 0 bridgehead atoms. The summed E-state index contributed by atoms with van der Waals surface area (Å²) in [6, 6.07) is 0.702. The molecular weight excluding hydrogens is 329 g/mol. The minimum absolute atomic E-state index is 0.270. The highest BCUT2D eigenvalue weighted by Crippen LogP contribution is 2.50. The third kappa shape index (κ3) is 2.45. The van der Waals surface area contributed by atoms with Crippen molar-refractivity contribution in [3.63, 3.8) is 0 Å². The van der Waals surface area contributed by atoms with Crippen LogP contribution in [0, 0.1) is 0 Å². The molecule has 0 aromatic carbocycles. The van der Waals surface area contributed by atoms with Crippen LogP contribution in [0.2, 0.25) is 0 Å². The Labute approximate surface area is 134 Å². The second-order valence-electron chi connectivity index (χ2n) is 6.32. The van der Waals surface area contributed by atoms with E-state index in [1.807, 2.05) is 0 Å². The third-order valence-electron chi connectivity index (χ3n) is 4.70. The molecule has 2 aliphatic heterocycles. The number of aromatic nitrogens is 1. The number of alkyl halides is 3. The van der Waals surface area contributed by atoms with Crippen LogP contribution in [0.25, 0.3) is 0 Å². The van der Waals surface area contributed by atoms with Gasteiger partial charge in [0.25, 0.3) is 5.91 Å². The molecule has 1 saturated heterocycles. The lowest BCUT2D eigenvalue weighted by Gasteiger charge is -2.38. The van der Waals surface area contributed by atoms with Crippen molar-refractivity contribution >= 4 is 17.4 Å². The predicted octanol–water partition coefficient (Wildman–Crippen LogP) is 3.74. The molecule has 5 nitrogen and oxygen atoms in total. The van der Waals surface area contributed by atoms with E-state index in [0.717, 1.165) is 30.1 Å². The average molecular weight is 344 g/mol. The molecule has 1 saturated carbocycles. The molecule has 3 heterocycles. The highest BCUT2D eigenvalue weighted by Gasteiger charge is 2.70. The minimum Gasteiger partial charge on any atom is -0.330 e. The van der Waals surface area contributed by atoms with Crippen LogP contribution in [0.3, 0.4) is 0 Å². The standard InChI is InChI=1S/C14H15F3N4OS/c15-14(16,17)13(19-20-13)11-3-1-2-6-21(11)12(22)10-7-9(18-23-10)8-4-5-8/h7-8,11H,1-6H2. The van der Waals surface area contributed by atoms with Gasteiger partial charge in [-0.2, -0.15) is 17.5 Å². The molecular formula is C14H15F3N4OS. The lowest BCUT2D eigenvalue weighted by Crippen LogP contribution is -2.56. The monoisotopic (exact) mass is 344 g/mol. The Morgan fingerprint density at radius 2 is 2.00 bits per heavy atom. The SMILES string of the molecule is O=C(c1cc(C2CC2)ns1)N1CCCCC1C1(C(F)(F)F)N=N1. The van der Waals surface area contributed by atoms with E-state index in [4.69, 9.17) is 0 Å². The number of carbonyl (C=O) groups is 1. The van der Waals surface area contributed by atoms with Crippen molar-refractivity contribution in [3.05, 3.63) is 16.6 Å². The number of nitrogens with zero attached hydrogens (tertiary/aromatic N) is 4. The fraction of sp³-hybridized carbons (Fsp3) is 0.714.